The van der Waals surface area contributed by atoms with Gasteiger partial charge >= 0.3 is 0 Å². The Bertz CT molecular complexity index is 275. The lowest BCUT2D eigenvalue weighted by atomic mass is 9.79. The normalized spacial score (nSPS) is 23.1. The molecule has 2 rings (SSSR count). The highest BCUT2D eigenvalue weighted by molar-refractivity contribution is 5.24. The fourth-order valence-electron chi connectivity index (χ4n) is 2.43. The van der Waals surface area contributed by atoms with E-state index in [0.717, 1.165) is 11.8 Å². The molecule has 17 heavy (non-hydrogen) atoms. The maximum Gasteiger partial charge on any atom is -0.0162 e. The molecule has 1 aliphatic rings. The van der Waals surface area contributed by atoms with Gasteiger partial charge in [0.25, 0.3) is 0 Å². The van der Waals surface area contributed by atoms with E-state index in [-0.39, 0.29) is 7.43 Å². The van der Waals surface area contributed by atoms with Gasteiger partial charge in [0.05, 0.1) is 0 Å². The number of rotatable bonds is 1. The van der Waals surface area contributed by atoms with E-state index in [9.17, 15) is 0 Å². The molecule has 0 heterocycles. The highest BCUT2D eigenvalue weighted by Crippen LogP contribution is 2.35. The van der Waals surface area contributed by atoms with Crippen molar-refractivity contribution in [2.24, 2.45) is 5.92 Å². The third kappa shape index (κ3) is 4.93. The van der Waals surface area contributed by atoms with Crippen LogP contribution in [0.2, 0.25) is 0 Å². The van der Waals surface area contributed by atoms with Crippen molar-refractivity contribution in [1.82, 2.24) is 0 Å². The van der Waals surface area contributed by atoms with Crippen molar-refractivity contribution >= 4 is 0 Å². The molecule has 0 radical (unpaired) electrons. The van der Waals surface area contributed by atoms with E-state index in [4.69, 9.17) is 0 Å². The summed E-state index contributed by atoms with van der Waals surface area (Å²) in [6.07, 6.45) is 5.62. The second-order valence-electron chi connectivity index (χ2n) is 4.87. The molecule has 1 aromatic carbocycles. The molecule has 0 saturated heterocycles. The van der Waals surface area contributed by atoms with Crippen LogP contribution in [0.3, 0.4) is 0 Å². The molecule has 0 bridgehead atoms. The molecule has 1 aromatic rings. The van der Waals surface area contributed by atoms with E-state index in [1.165, 1.54) is 31.2 Å². The Morgan fingerprint density at radius 2 is 1.35 bits per heavy atom. The molecule has 0 atom stereocenters. The topological polar surface area (TPSA) is 0 Å². The van der Waals surface area contributed by atoms with Gasteiger partial charge in [-0.1, -0.05) is 70.9 Å². The van der Waals surface area contributed by atoms with Crippen molar-refractivity contribution in [2.75, 3.05) is 0 Å². The first kappa shape index (κ1) is 16.2. The van der Waals surface area contributed by atoms with Crippen molar-refractivity contribution in [3.05, 3.63) is 35.4 Å². The predicted octanol–water partition coefficient (Wildman–Crippen LogP) is 5.95. The Morgan fingerprint density at radius 1 is 0.882 bits per heavy atom. The molecule has 0 nitrogen and oxygen atoms in total. The second-order valence-corrected chi connectivity index (χ2v) is 4.87. The molecular weight excluding hydrogens is 204 g/mol. The minimum absolute atomic E-state index is 0. The summed E-state index contributed by atoms with van der Waals surface area (Å²) < 4.78 is 0. The Hall–Kier alpha value is -0.780. The lowest BCUT2D eigenvalue weighted by molar-refractivity contribution is 0.348. The minimum Gasteiger partial charge on any atom is -0.0776 e. The van der Waals surface area contributed by atoms with Crippen molar-refractivity contribution in [1.29, 1.82) is 0 Å². The molecule has 1 saturated carbocycles. The zero-order chi connectivity index (χ0) is 12.0. The fourth-order valence-corrected chi connectivity index (χ4v) is 2.43. The molecular formula is C17H30. The standard InChI is InChI=1S/C14H20.C2H6.CH4/c1-11-3-7-13(8-4-11)14-9-5-12(2)6-10-14;1-2;/h3-4,7-8,12,14H,5-6,9-10H2,1-2H3;1-2H3;1H4. The first-order valence-electron chi connectivity index (χ1n) is 6.82. The SMILES string of the molecule is C.CC.Cc1ccc(C2CCC(C)CC2)cc1. The quantitative estimate of drug-likeness (QED) is 0.563. The molecule has 0 spiro atoms. The fraction of sp³-hybridized carbons (Fsp3) is 0.647. The lowest BCUT2D eigenvalue weighted by Gasteiger charge is -2.26. The lowest BCUT2D eigenvalue weighted by Crippen LogP contribution is -2.10. The summed E-state index contributed by atoms with van der Waals surface area (Å²) >= 11 is 0. The number of hydrogen-bond donors (Lipinski definition) is 0. The van der Waals surface area contributed by atoms with Crippen LogP contribution < -0.4 is 0 Å². The first-order valence-corrected chi connectivity index (χ1v) is 6.82. The van der Waals surface area contributed by atoms with Gasteiger partial charge in [-0.25, -0.2) is 0 Å². The molecule has 0 N–H and O–H groups in total. The average molecular weight is 234 g/mol. The van der Waals surface area contributed by atoms with Crippen LogP contribution in [0.15, 0.2) is 24.3 Å². The van der Waals surface area contributed by atoms with Crippen LogP contribution in [0.4, 0.5) is 0 Å². The molecule has 0 amide bonds. The van der Waals surface area contributed by atoms with Gasteiger partial charge in [-0.05, 0) is 37.2 Å². The molecule has 0 aliphatic heterocycles. The Kier molecular flexibility index (Phi) is 7.95. The number of benzene rings is 1. The number of aryl methyl sites for hydroxylation is 1. The van der Waals surface area contributed by atoms with E-state index in [2.05, 4.69) is 38.1 Å². The third-order valence-electron chi connectivity index (χ3n) is 3.56. The molecule has 0 heteroatoms. The van der Waals surface area contributed by atoms with Crippen LogP contribution in [0.5, 0.6) is 0 Å². The summed E-state index contributed by atoms with van der Waals surface area (Å²) in [5, 5.41) is 0. The highest BCUT2D eigenvalue weighted by Gasteiger charge is 2.19. The Balaban J connectivity index is 0.000000811. The Morgan fingerprint density at radius 3 is 1.82 bits per heavy atom. The van der Waals surface area contributed by atoms with Crippen molar-refractivity contribution in [2.45, 2.75) is 66.7 Å². The van der Waals surface area contributed by atoms with Gasteiger partial charge in [0.1, 0.15) is 0 Å². The van der Waals surface area contributed by atoms with Crippen LogP contribution in [0, 0.1) is 12.8 Å². The van der Waals surface area contributed by atoms with E-state index >= 15 is 0 Å². The summed E-state index contributed by atoms with van der Waals surface area (Å²) in [7, 11) is 0. The highest BCUT2D eigenvalue weighted by atomic mass is 14.2. The maximum absolute atomic E-state index is 2.38. The zero-order valence-electron chi connectivity index (χ0n) is 11.3. The van der Waals surface area contributed by atoms with Crippen molar-refractivity contribution in [3.8, 4) is 0 Å². The van der Waals surface area contributed by atoms with Crippen LogP contribution in [-0.4, -0.2) is 0 Å². The van der Waals surface area contributed by atoms with Gasteiger partial charge in [0.15, 0.2) is 0 Å². The number of hydrogen-bond acceptors (Lipinski definition) is 0. The van der Waals surface area contributed by atoms with Gasteiger partial charge in [-0.3, -0.25) is 0 Å². The predicted molar refractivity (Wildman–Crippen MR) is 79.6 cm³/mol. The van der Waals surface area contributed by atoms with Gasteiger partial charge in [0.2, 0.25) is 0 Å². The monoisotopic (exact) mass is 234 g/mol. The largest absolute Gasteiger partial charge is 0.0776 e. The van der Waals surface area contributed by atoms with Crippen molar-refractivity contribution in [3.63, 3.8) is 0 Å². The van der Waals surface area contributed by atoms with Crippen LogP contribution in [-0.2, 0) is 0 Å². The summed E-state index contributed by atoms with van der Waals surface area (Å²) in [6, 6.07) is 9.12. The molecule has 0 unspecified atom stereocenters. The smallest absolute Gasteiger partial charge is 0.0162 e. The van der Waals surface area contributed by atoms with Crippen LogP contribution >= 0.6 is 0 Å². The summed E-state index contributed by atoms with van der Waals surface area (Å²) in [5.74, 6) is 1.79. The van der Waals surface area contributed by atoms with Gasteiger partial charge in [-0.15, -0.1) is 0 Å². The molecule has 1 fully saturated rings. The Labute approximate surface area is 108 Å². The summed E-state index contributed by atoms with van der Waals surface area (Å²) in [6.45, 7) is 8.54. The molecule has 98 valence electrons. The first-order chi connectivity index (χ1) is 7.75. The van der Waals surface area contributed by atoms with Crippen LogP contribution in [0.25, 0.3) is 0 Å². The summed E-state index contributed by atoms with van der Waals surface area (Å²) in [5.41, 5.74) is 2.93. The maximum atomic E-state index is 2.38. The van der Waals surface area contributed by atoms with E-state index in [1.807, 2.05) is 13.8 Å². The second kappa shape index (κ2) is 8.33. The minimum atomic E-state index is 0. The van der Waals surface area contributed by atoms with Crippen molar-refractivity contribution < 1.29 is 0 Å². The van der Waals surface area contributed by atoms with E-state index < -0.39 is 0 Å². The van der Waals surface area contributed by atoms with Gasteiger partial charge < -0.3 is 0 Å². The van der Waals surface area contributed by atoms with E-state index in [0.29, 0.717) is 0 Å². The van der Waals surface area contributed by atoms with E-state index in [1.54, 1.807) is 5.56 Å². The zero-order valence-corrected chi connectivity index (χ0v) is 11.3. The molecule has 0 aromatic heterocycles. The average Bonchev–Trinajstić information content (AvgIpc) is 2.34. The van der Waals surface area contributed by atoms with Gasteiger partial charge in [-0.2, -0.15) is 0 Å². The van der Waals surface area contributed by atoms with Crippen LogP contribution in [0.1, 0.15) is 70.9 Å². The van der Waals surface area contributed by atoms with Gasteiger partial charge in [0, 0.05) is 0 Å². The molecule has 1 aliphatic carbocycles. The summed E-state index contributed by atoms with van der Waals surface area (Å²) in [4.78, 5) is 0. The third-order valence-corrected chi connectivity index (χ3v) is 3.56.